The molecule has 1 saturated heterocycles. The Balaban J connectivity index is 1.57. The van der Waals surface area contributed by atoms with Gasteiger partial charge >= 0.3 is 5.97 Å². The van der Waals surface area contributed by atoms with Crippen molar-refractivity contribution in [2.24, 2.45) is 5.92 Å². The third-order valence-electron chi connectivity index (χ3n) is 4.35. The lowest BCUT2D eigenvalue weighted by Crippen LogP contribution is -2.40. The molecule has 0 aliphatic carbocycles. The Morgan fingerprint density at radius 2 is 2.08 bits per heavy atom. The zero-order valence-electron chi connectivity index (χ0n) is 13.8. The van der Waals surface area contributed by atoms with Crippen LogP contribution in [-0.4, -0.2) is 47.4 Å². The van der Waals surface area contributed by atoms with Crippen LogP contribution in [-0.2, 0) is 26.2 Å². The largest absolute Gasteiger partial charge is 0.459 e. The van der Waals surface area contributed by atoms with E-state index >= 15 is 0 Å². The predicted octanol–water partition coefficient (Wildman–Crippen LogP) is 1.36. The van der Waals surface area contributed by atoms with Gasteiger partial charge in [-0.15, -0.1) is 0 Å². The molecule has 1 fully saturated rings. The molecule has 8 heteroatoms. The molecule has 0 radical (unpaired) electrons. The number of hydrogen-bond acceptors (Lipinski definition) is 5. The number of pyridine rings is 1. The van der Waals surface area contributed by atoms with Crippen LogP contribution in [0.5, 0.6) is 0 Å². The van der Waals surface area contributed by atoms with Gasteiger partial charge in [-0.3, -0.25) is 4.79 Å². The average molecular weight is 351 g/mol. The van der Waals surface area contributed by atoms with Gasteiger partial charge in [0.05, 0.1) is 17.9 Å². The van der Waals surface area contributed by atoms with Crippen molar-refractivity contribution >= 4 is 21.6 Å². The van der Waals surface area contributed by atoms with Crippen LogP contribution < -0.4 is 0 Å². The van der Waals surface area contributed by atoms with Crippen molar-refractivity contribution in [3.05, 3.63) is 35.8 Å². The minimum Gasteiger partial charge on any atom is -0.459 e. The van der Waals surface area contributed by atoms with E-state index in [0.717, 1.165) is 11.2 Å². The number of nitrogens with zero attached hydrogens (tertiary/aromatic N) is 3. The maximum Gasteiger partial charge on any atom is 0.309 e. The van der Waals surface area contributed by atoms with E-state index in [1.54, 1.807) is 0 Å². The first kappa shape index (κ1) is 16.9. The summed E-state index contributed by atoms with van der Waals surface area (Å²) in [7, 11) is -3.18. The highest BCUT2D eigenvalue weighted by Crippen LogP contribution is 2.21. The second-order valence-corrected chi connectivity index (χ2v) is 8.18. The molecule has 0 atom stereocenters. The minimum atomic E-state index is -3.18. The summed E-state index contributed by atoms with van der Waals surface area (Å²) in [6.45, 7) is 2.85. The number of hydrogen-bond donors (Lipinski definition) is 0. The van der Waals surface area contributed by atoms with E-state index < -0.39 is 10.0 Å². The molecule has 2 aromatic rings. The number of piperidine rings is 1. The number of carbonyl (C=O) groups excluding carboxylic acids is 1. The van der Waals surface area contributed by atoms with Gasteiger partial charge in [0.25, 0.3) is 0 Å². The van der Waals surface area contributed by atoms with Gasteiger partial charge in [0.1, 0.15) is 12.3 Å². The van der Waals surface area contributed by atoms with Gasteiger partial charge in [0, 0.05) is 25.5 Å². The van der Waals surface area contributed by atoms with E-state index in [0.29, 0.717) is 31.6 Å². The van der Waals surface area contributed by atoms with E-state index in [4.69, 9.17) is 4.74 Å². The fourth-order valence-corrected chi connectivity index (χ4v) is 3.83. The summed E-state index contributed by atoms with van der Waals surface area (Å²) in [5.41, 5.74) is 2.61. The van der Waals surface area contributed by atoms with Gasteiger partial charge in [-0.25, -0.2) is 17.7 Å². The highest BCUT2D eigenvalue weighted by molar-refractivity contribution is 7.88. The SMILES string of the molecule is Cc1cccn2cc(COC(=O)C3CCN(S(C)(=O)=O)CC3)nc12. The summed E-state index contributed by atoms with van der Waals surface area (Å²) in [5.74, 6) is -0.529. The number of sulfonamides is 1. The van der Waals surface area contributed by atoms with E-state index in [1.165, 1.54) is 10.6 Å². The number of aromatic nitrogens is 2. The number of aryl methyl sites for hydroxylation is 1. The van der Waals surface area contributed by atoms with Crippen LogP contribution in [0.15, 0.2) is 24.5 Å². The zero-order valence-corrected chi connectivity index (χ0v) is 14.6. The van der Waals surface area contributed by atoms with E-state index in [-0.39, 0.29) is 18.5 Å². The fourth-order valence-electron chi connectivity index (χ4n) is 2.96. The molecule has 24 heavy (non-hydrogen) atoms. The smallest absolute Gasteiger partial charge is 0.309 e. The fraction of sp³-hybridized carbons (Fsp3) is 0.500. The molecule has 0 bridgehead atoms. The highest BCUT2D eigenvalue weighted by Gasteiger charge is 2.29. The van der Waals surface area contributed by atoms with Crippen molar-refractivity contribution in [2.75, 3.05) is 19.3 Å². The molecule has 3 rings (SSSR count). The van der Waals surface area contributed by atoms with Gasteiger partial charge in [-0.05, 0) is 31.4 Å². The van der Waals surface area contributed by atoms with Crippen LogP contribution in [0, 0.1) is 12.8 Å². The number of ether oxygens (including phenoxy) is 1. The summed E-state index contributed by atoms with van der Waals surface area (Å²) < 4.78 is 31.7. The Morgan fingerprint density at radius 3 is 2.71 bits per heavy atom. The first-order chi connectivity index (χ1) is 11.3. The van der Waals surface area contributed by atoms with E-state index in [1.807, 2.05) is 35.9 Å². The predicted molar refractivity (Wildman–Crippen MR) is 88.9 cm³/mol. The minimum absolute atomic E-state index is 0.131. The Labute approximate surface area is 141 Å². The number of esters is 1. The molecule has 0 unspecified atom stereocenters. The maximum atomic E-state index is 12.2. The molecule has 0 N–H and O–H groups in total. The van der Waals surface area contributed by atoms with Crippen molar-refractivity contribution in [1.82, 2.24) is 13.7 Å². The van der Waals surface area contributed by atoms with E-state index in [2.05, 4.69) is 4.98 Å². The van der Waals surface area contributed by atoms with Crippen LogP contribution in [0.1, 0.15) is 24.1 Å². The first-order valence-corrected chi connectivity index (χ1v) is 9.74. The molecule has 2 aromatic heterocycles. The van der Waals surface area contributed by atoms with E-state index in [9.17, 15) is 13.2 Å². The molecule has 0 aromatic carbocycles. The number of rotatable bonds is 4. The van der Waals surface area contributed by atoms with Gasteiger partial charge in [-0.1, -0.05) is 6.07 Å². The molecular formula is C16H21N3O4S. The third-order valence-corrected chi connectivity index (χ3v) is 5.65. The molecule has 7 nitrogen and oxygen atoms in total. The molecule has 1 aliphatic rings. The number of fused-ring (bicyclic) bond motifs is 1. The monoisotopic (exact) mass is 351 g/mol. The Morgan fingerprint density at radius 1 is 1.38 bits per heavy atom. The second kappa shape index (κ2) is 6.52. The Kier molecular flexibility index (Phi) is 4.60. The van der Waals surface area contributed by atoms with Crippen molar-refractivity contribution in [1.29, 1.82) is 0 Å². The molecule has 1 aliphatic heterocycles. The molecule has 0 saturated carbocycles. The number of carbonyl (C=O) groups is 1. The highest BCUT2D eigenvalue weighted by atomic mass is 32.2. The molecular weight excluding hydrogens is 330 g/mol. The van der Waals surface area contributed by atoms with Crippen LogP contribution in [0.2, 0.25) is 0 Å². The van der Waals surface area contributed by atoms with Crippen molar-refractivity contribution in [2.45, 2.75) is 26.4 Å². The third kappa shape index (κ3) is 3.59. The van der Waals surface area contributed by atoms with Gasteiger partial charge in [-0.2, -0.15) is 0 Å². The van der Waals surface area contributed by atoms with Crippen LogP contribution in [0.25, 0.3) is 5.65 Å². The summed E-state index contributed by atoms with van der Waals surface area (Å²) in [6, 6.07) is 3.92. The lowest BCUT2D eigenvalue weighted by molar-refractivity contribution is -0.151. The van der Waals surface area contributed by atoms with Gasteiger partial charge in [0.2, 0.25) is 10.0 Å². The van der Waals surface area contributed by atoms with Crippen molar-refractivity contribution in [3.63, 3.8) is 0 Å². The lowest BCUT2D eigenvalue weighted by Gasteiger charge is -2.28. The zero-order chi connectivity index (χ0) is 17.3. The molecule has 0 spiro atoms. The second-order valence-electron chi connectivity index (χ2n) is 6.20. The van der Waals surface area contributed by atoms with Crippen molar-refractivity contribution < 1.29 is 17.9 Å². The molecule has 3 heterocycles. The number of imidazole rings is 1. The molecule has 130 valence electrons. The Hall–Kier alpha value is -1.93. The van der Waals surface area contributed by atoms with Crippen molar-refractivity contribution in [3.8, 4) is 0 Å². The average Bonchev–Trinajstić information content (AvgIpc) is 2.96. The Bertz CT molecular complexity index is 851. The maximum absolute atomic E-state index is 12.2. The topological polar surface area (TPSA) is 81.0 Å². The summed E-state index contributed by atoms with van der Waals surface area (Å²) in [4.78, 5) is 16.7. The van der Waals surface area contributed by atoms with Gasteiger partial charge in [0.15, 0.2) is 0 Å². The summed E-state index contributed by atoms with van der Waals surface area (Å²) >= 11 is 0. The van der Waals surface area contributed by atoms with Crippen LogP contribution >= 0.6 is 0 Å². The quantitative estimate of drug-likeness (QED) is 0.777. The van der Waals surface area contributed by atoms with Gasteiger partial charge < -0.3 is 9.14 Å². The summed E-state index contributed by atoms with van der Waals surface area (Å²) in [5, 5.41) is 0. The standard InChI is InChI=1S/C16H21N3O4S/c1-12-4-3-7-18-10-14(17-15(12)18)11-23-16(20)13-5-8-19(9-6-13)24(2,21)22/h3-4,7,10,13H,5-6,8-9,11H2,1-2H3. The van der Waals surface area contributed by atoms with Crippen LogP contribution in [0.4, 0.5) is 0 Å². The molecule has 0 amide bonds. The first-order valence-electron chi connectivity index (χ1n) is 7.89. The van der Waals surface area contributed by atoms with Crippen LogP contribution in [0.3, 0.4) is 0 Å². The normalized spacial score (nSPS) is 17.2. The lowest BCUT2D eigenvalue weighted by atomic mass is 9.98. The summed E-state index contributed by atoms with van der Waals surface area (Å²) in [6.07, 6.45) is 5.94.